The second kappa shape index (κ2) is 3.45. The van der Waals surface area contributed by atoms with Gasteiger partial charge < -0.3 is 10.6 Å². The van der Waals surface area contributed by atoms with Crippen LogP contribution in [0.5, 0.6) is 0 Å². The maximum Gasteiger partial charge on any atom is 0.225 e. The summed E-state index contributed by atoms with van der Waals surface area (Å²) in [5.41, 5.74) is 5.58. The summed E-state index contributed by atoms with van der Waals surface area (Å²) in [6.45, 7) is 3.08. The predicted molar refractivity (Wildman–Crippen MR) is 58.4 cm³/mol. The van der Waals surface area contributed by atoms with Crippen molar-refractivity contribution in [1.82, 2.24) is 9.97 Å². The highest BCUT2D eigenvalue weighted by Gasteiger charge is 2.55. The predicted octanol–water partition coefficient (Wildman–Crippen LogP) is 0.508. The van der Waals surface area contributed by atoms with Gasteiger partial charge in [0.1, 0.15) is 0 Å². The summed E-state index contributed by atoms with van der Waals surface area (Å²) in [5, 5.41) is 0. The molecule has 0 amide bonds. The van der Waals surface area contributed by atoms with Crippen molar-refractivity contribution in [2.24, 2.45) is 23.5 Å². The molecule has 15 heavy (non-hydrogen) atoms. The van der Waals surface area contributed by atoms with Crippen LogP contribution < -0.4 is 10.6 Å². The van der Waals surface area contributed by atoms with Gasteiger partial charge in [-0.3, -0.25) is 0 Å². The van der Waals surface area contributed by atoms with Crippen LogP contribution >= 0.6 is 0 Å². The van der Waals surface area contributed by atoms with Crippen LogP contribution in [-0.2, 0) is 0 Å². The molecule has 80 valence electrons. The Bertz CT molecular complexity index is 328. The monoisotopic (exact) mass is 204 g/mol. The molecule has 2 unspecified atom stereocenters. The minimum absolute atomic E-state index is 0.833. The summed E-state index contributed by atoms with van der Waals surface area (Å²) in [7, 11) is 0. The highest BCUT2D eigenvalue weighted by Crippen LogP contribution is 2.53. The molecular weight excluding hydrogens is 188 g/mol. The van der Waals surface area contributed by atoms with Gasteiger partial charge in [0.2, 0.25) is 5.95 Å². The van der Waals surface area contributed by atoms with Crippen LogP contribution in [0.3, 0.4) is 0 Å². The smallest absolute Gasteiger partial charge is 0.225 e. The summed E-state index contributed by atoms with van der Waals surface area (Å²) >= 11 is 0. The van der Waals surface area contributed by atoms with E-state index in [1.807, 2.05) is 18.5 Å². The zero-order chi connectivity index (χ0) is 10.3. The van der Waals surface area contributed by atoms with E-state index in [9.17, 15) is 0 Å². The molecule has 0 spiro atoms. The molecule has 4 nitrogen and oxygen atoms in total. The number of nitrogens with zero attached hydrogens (tertiary/aromatic N) is 3. The molecule has 0 aromatic carbocycles. The third-order valence-electron chi connectivity index (χ3n) is 3.71. The van der Waals surface area contributed by atoms with Gasteiger partial charge in [-0.2, -0.15) is 0 Å². The lowest BCUT2D eigenvalue weighted by Gasteiger charge is -2.18. The first-order chi connectivity index (χ1) is 7.40. The summed E-state index contributed by atoms with van der Waals surface area (Å²) in [6.07, 6.45) is 4.81. The zero-order valence-corrected chi connectivity index (χ0v) is 8.71. The minimum atomic E-state index is 0.833. The highest BCUT2D eigenvalue weighted by atomic mass is 15.3. The number of nitrogens with two attached hydrogens (primary N) is 1. The molecule has 3 rings (SSSR count). The minimum Gasteiger partial charge on any atom is -0.340 e. The standard InChI is InChI=1S/C11H16N4/c12-3-2-8-9-6-15(7-10(8)9)11-13-4-1-5-14-11/h1,4-5,8-10H,2-3,6-7,12H2. The Labute approximate surface area is 89.5 Å². The fourth-order valence-electron chi connectivity index (χ4n) is 2.89. The quantitative estimate of drug-likeness (QED) is 0.779. The van der Waals surface area contributed by atoms with Gasteiger partial charge in [-0.15, -0.1) is 0 Å². The fourth-order valence-corrected chi connectivity index (χ4v) is 2.89. The van der Waals surface area contributed by atoms with Gasteiger partial charge in [0.15, 0.2) is 0 Å². The van der Waals surface area contributed by atoms with Gasteiger partial charge in [-0.05, 0) is 36.8 Å². The first kappa shape index (κ1) is 9.09. The number of piperidine rings is 1. The second-order valence-corrected chi connectivity index (χ2v) is 4.52. The largest absolute Gasteiger partial charge is 0.340 e. The van der Waals surface area contributed by atoms with Crippen molar-refractivity contribution in [3.8, 4) is 0 Å². The Morgan fingerprint density at radius 2 is 1.93 bits per heavy atom. The Morgan fingerprint density at radius 1 is 1.27 bits per heavy atom. The van der Waals surface area contributed by atoms with Crippen molar-refractivity contribution in [2.45, 2.75) is 6.42 Å². The second-order valence-electron chi connectivity index (χ2n) is 4.52. The Morgan fingerprint density at radius 3 is 2.53 bits per heavy atom. The first-order valence-electron chi connectivity index (χ1n) is 5.62. The summed E-state index contributed by atoms with van der Waals surface area (Å²) in [4.78, 5) is 10.8. The molecular formula is C11H16N4. The molecule has 1 saturated heterocycles. The summed E-state index contributed by atoms with van der Waals surface area (Å²) in [5.74, 6) is 3.49. The SMILES string of the molecule is NCCC1C2CN(c3ncccn3)CC12. The normalized spacial score (nSPS) is 32.9. The van der Waals surface area contributed by atoms with E-state index in [2.05, 4.69) is 14.9 Å². The van der Waals surface area contributed by atoms with Crippen molar-refractivity contribution in [1.29, 1.82) is 0 Å². The molecule has 2 fully saturated rings. The first-order valence-corrected chi connectivity index (χ1v) is 5.62. The van der Waals surface area contributed by atoms with Crippen LogP contribution in [-0.4, -0.2) is 29.6 Å². The van der Waals surface area contributed by atoms with Gasteiger partial charge in [-0.25, -0.2) is 9.97 Å². The number of anilines is 1. The number of rotatable bonds is 3. The number of hydrogen-bond donors (Lipinski definition) is 1. The van der Waals surface area contributed by atoms with Gasteiger partial charge in [-0.1, -0.05) is 0 Å². The molecule has 2 atom stereocenters. The van der Waals surface area contributed by atoms with Crippen molar-refractivity contribution >= 4 is 5.95 Å². The van der Waals surface area contributed by atoms with Gasteiger partial charge in [0, 0.05) is 25.5 Å². The average Bonchev–Trinajstić information content (AvgIpc) is 2.77. The van der Waals surface area contributed by atoms with Gasteiger partial charge >= 0.3 is 0 Å². The Balaban J connectivity index is 1.62. The third kappa shape index (κ3) is 1.49. The Kier molecular flexibility index (Phi) is 2.09. The van der Waals surface area contributed by atoms with Crippen LogP contribution in [0.4, 0.5) is 5.95 Å². The zero-order valence-electron chi connectivity index (χ0n) is 8.71. The third-order valence-corrected chi connectivity index (χ3v) is 3.71. The molecule has 2 heterocycles. The van der Waals surface area contributed by atoms with Crippen molar-refractivity contribution in [2.75, 3.05) is 24.5 Å². The molecule has 1 aliphatic carbocycles. The number of fused-ring (bicyclic) bond motifs is 1. The van der Waals surface area contributed by atoms with Crippen LogP contribution in [0.2, 0.25) is 0 Å². The number of aromatic nitrogens is 2. The van der Waals surface area contributed by atoms with E-state index in [4.69, 9.17) is 5.73 Å². The lowest BCUT2D eigenvalue weighted by molar-refractivity contribution is 0.593. The molecule has 0 radical (unpaired) electrons. The molecule has 4 heteroatoms. The Hall–Kier alpha value is -1.16. The van der Waals surface area contributed by atoms with Gasteiger partial charge in [0.25, 0.3) is 0 Å². The molecule has 2 N–H and O–H groups in total. The van der Waals surface area contributed by atoms with E-state index < -0.39 is 0 Å². The van der Waals surface area contributed by atoms with E-state index in [1.165, 1.54) is 6.42 Å². The van der Waals surface area contributed by atoms with Gasteiger partial charge in [0.05, 0.1) is 0 Å². The lowest BCUT2D eigenvalue weighted by atomic mass is 10.2. The number of hydrogen-bond acceptors (Lipinski definition) is 4. The van der Waals surface area contributed by atoms with Crippen LogP contribution in [0.25, 0.3) is 0 Å². The van der Waals surface area contributed by atoms with Crippen LogP contribution in [0.15, 0.2) is 18.5 Å². The van der Waals surface area contributed by atoms with Crippen LogP contribution in [0.1, 0.15) is 6.42 Å². The fraction of sp³-hybridized carbons (Fsp3) is 0.636. The average molecular weight is 204 g/mol. The van der Waals surface area contributed by atoms with Crippen molar-refractivity contribution in [3.63, 3.8) is 0 Å². The van der Waals surface area contributed by atoms with Crippen molar-refractivity contribution < 1.29 is 0 Å². The maximum absolute atomic E-state index is 5.58. The van der Waals surface area contributed by atoms with E-state index in [0.29, 0.717) is 0 Å². The van der Waals surface area contributed by atoms with E-state index in [-0.39, 0.29) is 0 Å². The van der Waals surface area contributed by atoms with E-state index >= 15 is 0 Å². The topological polar surface area (TPSA) is 55.0 Å². The highest BCUT2D eigenvalue weighted by molar-refractivity contribution is 5.34. The molecule has 1 aromatic rings. The molecule has 2 aliphatic rings. The van der Waals surface area contributed by atoms with E-state index in [0.717, 1.165) is 43.3 Å². The lowest BCUT2D eigenvalue weighted by Crippen LogP contribution is -2.26. The summed E-state index contributed by atoms with van der Waals surface area (Å²) < 4.78 is 0. The molecule has 1 aliphatic heterocycles. The van der Waals surface area contributed by atoms with Crippen molar-refractivity contribution in [3.05, 3.63) is 18.5 Å². The molecule has 1 aromatic heterocycles. The maximum atomic E-state index is 5.58. The van der Waals surface area contributed by atoms with E-state index in [1.54, 1.807) is 0 Å². The molecule has 0 bridgehead atoms. The van der Waals surface area contributed by atoms with Crippen LogP contribution in [0, 0.1) is 17.8 Å². The summed E-state index contributed by atoms with van der Waals surface area (Å²) in [6, 6.07) is 1.86. The molecule has 1 saturated carbocycles.